The first-order valence-corrected chi connectivity index (χ1v) is 6.69. The fraction of sp³-hybridized carbons (Fsp3) is 0.200. The van der Waals surface area contributed by atoms with E-state index in [1.54, 1.807) is 6.20 Å². The Bertz CT molecular complexity index is 537. The highest BCUT2D eigenvalue weighted by Crippen LogP contribution is 2.21. The van der Waals surface area contributed by atoms with Gasteiger partial charge in [-0.05, 0) is 24.1 Å². The van der Waals surface area contributed by atoms with Crippen LogP contribution in [-0.2, 0) is 0 Å². The van der Waals surface area contributed by atoms with Gasteiger partial charge in [-0.3, -0.25) is 0 Å². The standard InChI is InChI=1S/C15H17N3S/c1-2-13(11-6-4-3-5-7-11)18-14-9-8-12(10-17-14)15(16)19/h3-10,13H,2H2,1H3,(H2,16,19)(H,17,18). The number of nitrogens with two attached hydrogens (primary N) is 1. The summed E-state index contributed by atoms with van der Waals surface area (Å²) in [6, 6.07) is 14.4. The lowest BCUT2D eigenvalue weighted by molar-refractivity contribution is 0.744. The van der Waals surface area contributed by atoms with Crippen molar-refractivity contribution in [3.63, 3.8) is 0 Å². The zero-order chi connectivity index (χ0) is 13.7. The van der Waals surface area contributed by atoms with Gasteiger partial charge in [0, 0.05) is 11.8 Å². The minimum Gasteiger partial charge on any atom is -0.389 e. The average molecular weight is 271 g/mol. The molecule has 0 spiro atoms. The van der Waals surface area contributed by atoms with Crippen LogP contribution in [0.4, 0.5) is 5.82 Å². The highest BCUT2D eigenvalue weighted by atomic mass is 32.1. The highest BCUT2D eigenvalue weighted by molar-refractivity contribution is 7.80. The molecule has 1 aromatic carbocycles. The van der Waals surface area contributed by atoms with Crippen molar-refractivity contribution in [2.75, 3.05) is 5.32 Å². The molecule has 0 aliphatic carbocycles. The van der Waals surface area contributed by atoms with Gasteiger partial charge in [-0.1, -0.05) is 49.5 Å². The van der Waals surface area contributed by atoms with Crippen LogP contribution >= 0.6 is 12.2 Å². The Labute approximate surface area is 118 Å². The molecule has 0 saturated heterocycles. The van der Waals surface area contributed by atoms with E-state index in [0.29, 0.717) is 4.99 Å². The van der Waals surface area contributed by atoms with E-state index in [1.807, 2.05) is 30.3 Å². The molecule has 2 aromatic rings. The van der Waals surface area contributed by atoms with Crippen molar-refractivity contribution in [1.82, 2.24) is 4.98 Å². The molecule has 0 amide bonds. The van der Waals surface area contributed by atoms with E-state index >= 15 is 0 Å². The normalized spacial score (nSPS) is 11.8. The van der Waals surface area contributed by atoms with Crippen LogP contribution in [0, 0.1) is 0 Å². The van der Waals surface area contributed by atoms with Gasteiger partial charge >= 0.3 is 0 Å². The average Bonchev–Trinajstić information content (AvgIpc) is 2.46. The predicted octanol–water partition coefficient (Wildman–Crippen LogP) is 3.28. The zero-order valence-electron chi connectivity index (χ0n) is 10.8. The molecule has 0 bridgehead atoms. The zero-order valence-corrected chi connectivity index (χ0v) is 11.7. The van der Waals surface area contributed by atoms with Gasteiger partial charge in [0.1, 0.15) is 10.8 Å². The largest absolute Gasteiger partial charge is 0.389 e. The Morgan fingerprint density at radius 3 is 2.53 bits per heavy atom. The molecule has 98 valence electrons. The minimum absolute atomic E-state index is 0.254. The van der Waals surface area contributed by atoms with Crippen molar-refractivity contribution in [2.24, 2.45) is 5.73 Å². The maximum atomic E-state index is 5.55. The fourth-order valence-electron chi connectivity index (χ4n) is 1.91. The molecule has 2 rings (SSSR count). The number of aromatic nitrogens is 1. The quantitative estimate of drug-likeness (QED) is 0.819. The summed E-state index contributed by atoms with van der Waals surface area (Å²) in [7, 11) is 0. The lowest BCUT2D eigenvalue weighted by Crippen LogP contribution is -2.12. The van der Waals surface area contributed by atoms with Crippen molar-refractivity contribution in [3.05, 3.63) is 59.8 Å². The van der Waals surface area contributed by atoms with E-state index in [9.17, 15) is 0 Å². The molecule has 0 fully saturated rings. The van der Waals surface area contributed by atoms with Crippen LogP contribution in [0.3, 0.4) is 0 Å². The summed E-state index contributed by atoms with van der Waals surface area (Å²) in [5.41, 5.74) is 7.59. The Hall–Kier alpha value is -1.94. The molecule has 0 radical (unpaired) electrons. The summed E-state index contributed by atoms with van der Waals surface area (Å²) < 4.78 is 0. The van der Waals surface area contributed by atoms with Crippen LogP contribution in [-0.4, -0.2) is 9.97 Å². The van der Waals surface area contributed by atoms with Gasteiger partial charge in [0.25, 0.3) is 0 Å². The number of thiocarbonyl (C=S) groups is 1. The number of pyridine rings is 1. The minimum atomic E-state index is 0.254. The van der Waals surface area contributed by atoms with Gasteiger partial charge < -0.3 is 11.1 Å². The number of nitrogens with zero attached hydrogens (tertiary/aromatic N) is 1. The first-order valence-electron chi connectivity index (χ1n) is 6.28. The van der Waals surface area contributed by atoms with Gasteiger partial charge in [0.05, 0.1) is 6.04 Å². The Morgan fingerprint density at radius 1 is 1.26 bits per heavy atom. The number of rotatable bonds is 5. The van der Waals surface area contributed by atoms with Gasteiger partial charge in [-0.15, -0.1) is 0 Å². The second-order valence-corrected chi connectivity index (χ2v) is 4.75. The van der Waals surface area contributed by atoms with Crippen molar-refractivity contribution in [3.8, 4) is 0 Å². The second kappa shape index (κ2) is 6.29. The van der Waals surface area contributed by atoms with E-state index in [1.165, 1.54) is 5.56 Å². The van der Waals surface area contributed by atoms with Crippen molar-refractivity contribution in [1.29, 1.82) is 0 Å². The highest BCUT2D eigenvalue weighted by Gasteiger charge is 2.09. The van der Waals surface area contributed by atoms with E-state index in [-0.39, 0.29) is 6.04 Å². The molecule has 4 heteroatoms. The SMILES string of the molecule is CCC(Nc1ccc(C(N)=S)cn1)c1ccccc1. The summed E-state index contributed by atoms with van der Waals surface area (Å²) >= 11 is 4.91. The van der Waals surface area contributed by atoms with Crippen LogP contribution in [0.25, 0.3) is 0 Å². The van der Waals surface area contributed by atoms with Crippen LogP contribution in [0.1, 0.15) is 30.5 Å². The summed E-state index contributed by atoms with van der Waals surface area (Å²) in [5.74, 6) is 0.829. The maximum Gasteiger partial charge on any atom is 0.126 e. The number of nitrogens with one attached hydrogen (secondary N) is 1. The number of benzene rings is 1. The molecule has 19 heavy (non-hydrogen) atoms. The molecule has 0 saturated carbocycles. The van der Waals surface area contributed by atoms with Crippen molar-refractivity contribution in [2.45, 2.75) is 19.4 Å². The van der Waals surface area contributed by atoms with Crippen LogP contribution in [0.15, 0.2) is 48.7 Å². The third-order valence-corrected chi connectivity index (χ3v) is 3.22. The summed E-state index contributed by atoms with van der Waals surface area (Å²) in [6.45, 7) is 2.15. The number of anilines is 1. The number of hydrogen-bond acceptors (Lipinski definition) is 3. The molecular weight excluding hydrogens is 254 g/mol. The van der Waals surface area contributed by atoms with Gasteiger partial charge in [0.15, 0.2) is 0 Å². The Kier molecular flexibility index (Phi) is 4.47. The van der Waals surface area contributed by atoms with E-state index in [2.05, 4.69) is 29.4 Å². The van der Waals surface area contributed by atoms with Crippen LogP contribution < -0.4 is 11.1 Å². The summed E-state index contributed by atoms with van der Waals surface area (Å²) in [6.07, 6.45) is 2.69. The number of hydrogen-bond donors (Lipinski definition) is 2. The van der Waals surface area contributed by atoms with Crippen LogP contribution in [0.5, 0.6) is 0 Å². The molecule has 1 aromatic heterocycles. The smallest absolute Gasteiger partial charge is 0.126 e. The molecule has 1 atom stereocenters. The Morgan fingerprint density at radius 2 is 2.00 bits per heavy atom. The van der Waals surface area contributed by atoms with Gasteiger partial charge in [0.2, 0.25) is 0 Å². The van der Waals surface area contributed by atoms with E-state index in [4.69, 9.17) is 18.0 Å². The topological polar surface area (TPSA) is 50.9 Å². The molecule has 3 N–H and O–H groups in total. The molecule has 1 unspecified atom stereocenters. The fourth-order valence-corrected chi connectivity index (χ4v) is 2.03. The summed E-state index contributed by atoms with van der Waals surface area (Å²) in [4.78, 5) is 4.70. The third-order valence-electron chi connectivity index (χ3n) is 2.98. The molecule has 3 nitrogen and oxygen atoms in total. The Balaban J connectivity index is 2.12. The summed E-state index contributed by atoms with van der Waals surface area (Å²) in [5, 5.41) is 3.42. The van der Waals surface area contributed by atoms with E-state index < -0.39 is 0 Å². The monoisotopic (exact) mass is 271 g/mol. The van der Waals surface area contributed by atoms with Gasteiger partial charge in [-0.25, -0.2) is 4.98 Å². The first kappa shape index (κ1) is 13.5. The van der Waals surface area contributed by atoms with Crippen molar-refractivity contribution >= 4 is 23.0 Å². The lowest BCUT2D eigenvalue weighted by Gasteiger charge is -2.18. The molecular formula is C15H17N3S. The molecule has 1 heterocycles. The lowest BCUT2D eigenvalue weighted by atomic mass is 10.0. The van der Waals surface area contributed by atoms with Crippen LogP contribution in [0.2, 0.25) is 0 Å². The van der Waals surface area contributed by atoms with Gasteiger partial charge in [-0.2, -0.15) is 0 Å². The predicted molar refractivity (Wildman–Crippen MR) is 83.2 cm³/mol. The molecule has 0 aliphatic heterocycles. The first-order chi connectivity index (χ1) is 9.20. The van der Waals surface area contributed by atoms with Crippen molar-refractivity contribution < 1.29 is 0 Å². The third kappa shape index (κ3) is 3.51. The molecule has 0 aliphatic rings. The maximum absolute atomic E-state index is 5.55. The second-order valence-electron chi connectivity index (χ2n) is 4.31. The van der Waals surface area contributed by atoms with E-state index in [0.717, 1.165) is 17.8 Å².